The fraction of sp³-hybridized carbons (Fsp3) is 0.579. The van der Waals surface area contributed by atoms with Crippen LogP contribution in [0, 0.1) is 13.8 Å². The van der Waals surface area contributed by atoms with E-state index in [1.807, 2.05) is 31.7 Å². The summed E-state index contributed by atoms with van der Waals surface area (Å²) < 4.78 is 10.4. The van der Waals surface area contributed by atoms with Gasteiger partial charge < -0.3 is 19.2 Å². The lowest BCUT2D eigenvalue weighted by atomic mass is 9.94. The Balaban J connectivity index is 1.73. The van der Waals surface area contributed by atoms with Crippen molar-refractivity contribution in [2.45, 2.75) is 71.5 Å². The van der Waals surface area contributed by atoms with E-state index in [-0.39, 0.29) is 18.1 Å². The second-order valence-electron chi connectivity index (χ2n) is 6.96. The molecule has 1 aliphatic carbocycles. The van der Waals surface area contributed by atoms with Crippen LogP contribution in [0.1, 0.15) is 67.7 Å². The van der Waals surface area contributed by atoms with Crippen molar-refractivity contribution in [3.63, 3.8) is 0 Å². The van der Waals surface area contributed by atoms with Crippen LogP contribution >= 0.6 is 0 Å². The third-order valence-electron chi connectivity index (χ3n) is 5.07. The Hall–Kier alpha value is -2.24. The smallest absolute Gasteiger partial charge is 0.318 e. The summed E-state index contributed by atoms with van der Waals surface area (Å²) in [6.07, 6.45) is 9.10. The summed E-state index contributed by atoms with van der Waals surface area (Å²) in [4.78, 5) is 15.0. The Kier molecular flexibility index (Phi) is 5.46. The minimum Gasteiger partial charge on any atom is -0.472 e. The number of furan rings is 1. The Morgan fingerprint density at radius 3 is 2.72 bits per heavy atom. The van der Waals surface area contributed by atoms with E-state index >= 15 is 0 Å². The van der Waals surface area contributed by atoms with E-state index in [1.165, 1.54) is 19.3 Å². The molecule has 0 saturated heterocycles. The van der Waals surface area contributed by atoms with Gasteiger partial charge in [-0.05, 0) is 39.7 Å². The van der Waals surface area contributed by atoms with Crippen molar-refractivity contribution in [3.8, 4) is 0 Å². The molecule has 6 nitrogen and oxygen atoms in total. The van der Waals surface area contributed by atoms with Gasteiger partial charge in [0.05, 0.1) is 30.8 Å². The number of hydrogen-bond donors (Lipinski definition) is 1. The molecule has 1 aliphatic rings. The number of urea groups is 1. The second kappa shape index (κ2) is 7.76. The van der Waals surface area contributed by atoms with E-state index in [9.17, 15) is 4.79 Å². The lowest BCUT2D eigenvalue weighted by Gasteiger charge is -2.35. The summed E-state index contributed by atoms with van der Waals surface area (Å²) >= 11 is 0. The first kappa shape index (κ1) is 17.6. The number of carbonyl (C=O) groups is 1. The monoisotopic (exact) mass is 345 g/mol. The fourth-order valence-electron chi connectivity index (χ4n) is 3.79. The van der Waals surface area contributed by atoms with Crippen molar-refractivity contribution >= 4 is 6.03 Å². The van der Waals surface area contributed by atoms with Crippen LogP contribution in [0.25, 0.3) is 0 Å². The van der Waals surface area contributed by atoms with Crippen LogP contribution in [0.4, 0.5) is 4.79 Å². The Bertz CT molecular complexity index is 667. The zero-order chi connectivity index (χ0) is 17.8. The molecule has 3 rings (SSSR count). The number of nitrogens with zero attached hydrogens (tertiary/aromatic N) is 2. The lowest BCUT2D eigenvalue weighted by Crippen LogP contribution is -2.47. The van der Waals surface area contributed by atoms with Gasteiger partial charge in [0.1, 0.15) is 5.76 Å². The van der Waals surface area contributed by atoms with Crippen molar-refractivity contribution in [2.24, 2.45) is 0 Å². The molecule has 25 heavy (non-hydrogen) atoms. The van der Waals surface area contributed by atoms with Gasteiger partial charge in [-0.15, -0.1) is 0 Å². The first-order valence-corrected chi connectivity index (χ1v) is 9.07. The molecule has 1 saturated carbocycles. The molecule has 2 aromatic heterocycles. The Morgan fingerprint density at radius 1 is 1.36 bits per heavy atom. The SMILES string of the molecule is Cc1noc(C)c1[C@@H](C)NC(=O)N(Cc1ccoc1)C1CCCCC1. The zero-order valence-corrected chi connectivity index (χ0v) is 15.2. The van der Waals surface area contributed by atoms with Crippen LogP contribution in [0.15, 0.2) is 27.5 Å². The summed E-state index contributed by atoms with van der Waals surface area (Å²) in [5, 5.41) is 7.12. The van der Waals surface area contributed by atoms with E-state index in [0.717, 1.165) is 35.4 Å². The van der Waals surface area contributed by atoms with Gasteiger partial charge >= 0.3 is 6.03 Å². The van der Waals surface area contributed by atoms with Gasteiger partial charge in [0.2, 0.25) is 0 Å². The number of aromatic nitrogens is 1. The average molecular weight is 345 g/mol. The lowest BCUT2D eigenvalue weighted by molar-refractivity contribution is 0.148. The summed E-state index contributed by atoms with van der Waals surface area (Å²) in [7, 11) is 0. The Labute approximate surface area is 148 Å². The minimum absolute atomic E-state index is 0.0411. The predicted molar refractivity (Wildman–Crippen MR) is 94.0 cm³/mol. The van der Waals surface area contributed by atoms with Gasteiger partial charge in [-0.1, -0.05) is 24.4 Å². The van der Waals surface area contributed by atoms with Crippen LogP contribution in [0.5, 0.6) is 0 Å². The Morgan fingerprint density at radius 2 is 2.12 bits per heavy atom. The molecule has 0 radical (unpaired) electrons. The third kappa shape index (κ3) is 4.06. The van der Waals surface area contributed by atoms with E-state index in [1.54, 1.807) is 12.5 Å². The number of carbonyl (C=O) groups excluding carboxylic acids is 1. The largest absolute Gasteiger partial charge is 0.472 e. The van der Waals surface area contributed by atoms with Gasteiger partial charge in [-0.25, -0.2) is 4.79 Å². The van der Waals surface area contributed by atoms with Gasteiger partial charge in [-0.3, -0.25) is 0 Å². The quantitative estimate of drug-likeness (QED) is 0.866. The molecule has 1 fully saturated rings. The topological polar surface area (TPSA) is 71.5 Å². The fourth-order valence-corrected chi connectivity index (χ4v) is 3.79. The maximum Gasteiger partial charge on any atom is 0.318 e. The summed E-state index contributed by atoms with van der Waals surface area (Å²) in [5.41, 5.74) is 2.80. The molecule has 1 N–H and O–H groups in total. The van der Waals surface area contributed by atoms with Crippen molar-refractivity contribution in [1.29, 1.82) is 0 Å². The number of nitrogens with one attached hydrogen (secondary N) is 1. The van der Waals surface area contributed by atoms with Crippen molar-refractivity contribution in [2.75, 3.05) is 0 Å². The molecule has 1 atom stereocenters. The summed E-state index contributed by atoms with van der Waals surface area (Å²) in [6, 6.07) is 2.01. The zero-order valence-electron chi connectivity index (χ0n) is 15.2. The molecule has 0 bridgehead atoms. The van der Waals surface area contributed by atoms with Crippen molar-refractivity contribution in [3.05, 3.63) is 41.2 Å². The predicted octanol–water partition coefficient (Wildman–Crippen LogP) is 4.49. The molecule has 0 unspecified atom stereocenters. The first-order chi connectivity index (χ1) is 12.1. The number of rotatable bonds is 5. The molecule has 136 valence electrons. The van der Waals surface area contributed by atoms with Crippen molar-refractivity contribution in [1.82, 2.24) is 15.4 Å². The molecular formula is C19H27N3O3. The molecule has 2 heterocycles. The van der Waals surface area contributed by atoms with Crippen molar-refractivity contribution < 1.29 is 13.7 Å². The minimum atomic E-state index is -0.144. The highest BCUT2D eigenvalue weighted by molar-refractivity contribution is 5.75. The van der Waals surface area contributed by atoms with Crippen LogP contribution < -0.4 is 5.32 Å². The van der Waals surface area contributed by atoms with Crippen LogP contribution in [0.2, 0.25) is 0 Å². The standard InChI is InChI=1S/C19H27N3O3/c1-13(18-14(2)21-25-15(18)3)20-19(23)22(11-16-9-10-24-12-16)17-7-5-4-6-8-17/h9-10,12-13,17H,4-8,11H2,1-3H3,(H,20,23)/t13-/m1/s1. The number of aryl methyl sites for hydroxylation is 2. The first-order valence-electron chi connectivity index (χ1n) is 9.07. The van der Waals surface area contributed by atoms with Crippen LogP contribution in [-0.2, 0) is 6.54 Å². The van der Waals surface area contributed by atoms with Crippen LogP contribution in [-0.4, -0.2) is 22.1 Å². The number of amides is 2. The number of hydrogen-bond acceptors (Lipinski definition) is 4. The maximum atomic E-state index is 13.0. The van der Waals surface area contributed by atoms with Gasteiger partial charge in [-0.2, -0.15) is 0 Å². The van der Waals surface area contributed by atoms with Gasteiger partial charge in [0.15, 0.2) is 0 Å². The highest BCUT2D eigenvalue weighted by atomic mass is 16.5. The molecule has 2 amide bonds. The molecule has 0 aromatic carbocycles. The highest BCUT2D eigenvalue weighted by Crippen LogP contribution is 2.26. The van der Waals surface area contributed by atoms with Gasteiger partial charge in [0, 0.05) is 17.2 Å². The van der Waals surface area contributed by atoms with Gasteiger partial charge in [0.25, 0.3) is 0 Å². The van der Waals surface area contributed by atoms with E-state index in [4.69, 9.17) is 8.94 Å². The maximum absolute atomic E-state index is 13.0. The van der Waals surface area contributed by atoms with E-state index in [0.29, 0.717) is 6.54 Å². The average Bonchev–Trinajstić information content (AvgIpc) is 3.23. The third-order valence-corrected chi connectivity index (χ3v) is 5.07. The van der Waals surface area contributed by atoms with Crippen LogP contribution in [0.3, 0.4) is 0 Å². The summed E-state index contributed by atoms with van der Waals surface area (Å²) in [5.74, 6) is 0.754. The molecule has 2 aromatic rings. The van der Waals surface area contributed by atoms with E-state index in [2.05, 4.69) is 10.5 Å². The summed E-state index contributed by atoms with van der Waals surface area (Å²) in [6.45, 7) is 6.32. The normalized spacial score (nSPS) is 16.6. The molecule has 0 spiro atoms. The highest BCUT2D eigenvalue weighted by Gasteiger charge is 2.28. The second-order valence-corrected chi connectivity index (χ2v) is 6.96. The molecule has 6 heteroatoms. The molecular weight excluding hydrogens is 318 g/mol. The molecule has 0 aliphatic heterocycles. The van der Waals surface area contributed by atoms with E-state index < -0.39 is 0 Å².